The zero-order valence-electron chi connectivity index (χ0n) is 10.3. The Morgan fingerprint density at radius 2 is 2.31 bits per heavy atom. The van der Waals surface area contributed by atoms with Crippen LogP contribution in [0.1, 0.15) is 13.3 Å². The highest BCUT2D eigenvalue weighted by atomic mass is 32.2. The number of likely N-dealkylation sites (tertiary alicyclic amines) is 1. The topological polar surface area (TPSA) is 15.3 Å². The van der Waals surface area contributed by atoms with Crippen molar-refractivity contribution in [1.29, 1.82) is 0 Å². The summed E-state index contributed by atoms with van der Waals surface area (Å²) < 4.78 is 0. The Balaban J connectivity index is 1.63. The van der Waals surface area contributed by atoms with Crippen molar-refractivity contribution in [3.8, 4) is 0 Å². The third kappa shape index (κ3) is 4.13. The highest BCUT2D eigenvalue weighted by molar-refractivity contribution is 8.06. The molecular weight excluding hydrogens is 236 g/mol. The molecule has 0 aromatic carbocycles. The van der Waals surface area contributed by atoms with Crippen molar-refractivity contribution < 1.29 is 0 Å². The molecule has 2 aliphatic heterocycles. The fraction of sp³-hybridized carbons (Fsp3) is 1.00. The van der Waals surface area contributed by atoms with E-state index in [0.717, 1.165) is 17.7 Å². The van der Waals surface area contributed by atoms with E-state index >= 15 is 0 Å². The molecule has 0 bridgehead atoms. The Morgan fingerprint density at radius 1 is 1.38 bits per heavy atom. The minimum atomic E-state index is 0.900. The Labute approximate surface area is 108 Å². The molecule has 94 valence electrons. The number of nitrogens with zero attached hydrogens (tertiary/aromatic N) is 1. The van der Waals surface area contributed by atoms with Crippen molar-refractivity contribution in [2.45, 2.75) is 18.6 Å². The summed E-state index contributed by atoms with van der Waals surface area (Å²) in [7, 11) is 0. The molecule has 2 atom stereocenters. The monoisotopic (exact) mass is 260 g/mol. The van der Waals surface area contributed by atoms with E-state index in [4.69, 9.17) is 0 Å². The average molecular weight is 260 g/mol. The first-order chi connectivity index (χ1) is 7.88. The summed E-state index contributed by atoms with van der Waals surface area (Å²) in [6, 6.07) is 0. The van der Waals surface area contributed by atoms with E-state index in [1.165, 1.54) is 49.9 Å². The molecule has 0 aliphatic carbocycles. The molecule has 2 saturated heterocycles. The van der Waals surface area contributed by atoms with Crippen molar-refractivity contribution in [3.05, 3.63) is 0 Å². The van der Waals surface area contributed by atoms with E-state index in [1.807, 2.05) is 0 Å². The van der Waals surface area contributed by atoms with E-state index in [-0.39, 0.29) is 0 Å². The summed E-state index contributed by atoms with van der Waals surface area (Å²) in [4.78, 5) is 2.69. The quantitative estimate of drug-likeness (QED) is 0.810. The Hall–Kier alpha value is 0.620. The van der Waals surface area contributed by atoms with Crippen LogP contribution < -0.4 is 5.32 Å². The van der Waals surface area contributed by atoms with Gasteiger partial charge in [-0.2, -0.15) is 23.5 Å². The summed E-state index contributed by atoms with van der Waals surface area (Å²) in [5.74, 6) is 5.01. The predicted octanol–water partition coefficient (Wildman–Crippen LogP) is 1.77. The van der Waals surface area contributed by atoms with Crippen LogP contribution in [0.15, 0.2) is 0 Å². The molecule has 2 nitrogen and oxygen atoms in total. The summed E-state index contributed by atoms with van der Waals surface area (Å²) in [6.45, 7) is 8.53. The van der Waals surface area contributed by atoms with Crippen LogP contribution in [0.4, 0.5) is 0 Å². The molecular formula is C12H24N2S2. The van der Waals surface area contributed by atoms with Crippen LogP contribution in [0.25, 0.3) is 0 Å². The van der Waals surface area contributed by atoms with Crippen molar-refractivity contribution in [2.75, 3.05) is 50.0 Å². The number of rotatable bonds is 5. The second-order valence-corrected chi connectivity index (χ2v) is 7.35. The minimum absolute atomic E-state index is 0.900. The zero-order valence-corrected chi connectivity index (χ0v) is 11.9. The lowest BCUT2D eigenvalue weighted by Gasteiger charge is -2.26. The van der Waals surface area contributed by atoms with E-state index in [1.54, 1.807) is 0 Å². The maximum Gasteiger partial charge on any atom is 0.0265 e. The number of hydrogen-bond donors (Lipinski definition) is 1. The van der Waals surface area contributed by atoms with Gasteiger partial charge in [-0.15, -0.1) is 0 Å². The first-order valence-corrected chi connectivity index (χ1v) is 8.71. The van der Waals surface area contributed by atoms with Gasteiger partial charge in [-0.25, -0.2) is 0 Å². The van der Waals surface area contributed by atoms with Gasteiger partial charge in [0.1, 0.15) is 0 Å². The van der Waals surface area contributed by atoms with Crippen molar-refractivity contribution in [2.24, 2.45) is 5.92 Å². The van der Waals surface area contributed by atoms with Crippen LogP contribution in [-0.2, 0) is 0 Å². The van der Waals surface area contributed by atoms with Gasteiger partial charge in [0.05, 0.1) is 0 Å². The summed E-state index contributed by atoms with van der Waals surface area (Å²) >= 11 is 4.33. The molecule has 2 aliphatic rings. The molecule has 2 fully saturated rings. The molecule has 0 aromatic heterocycles. The van der Waals surface area contributed by atoms with Crippen LogP contribution in [0.3, 0.4) is 0 Å². The number of thioether (sulfide) groups is 2. The average Bonchev–Trinajstić information content (AvgIpc) is 2.75. The largest absolute Gasteiger partial charge is 0.317 e. The van der Waals surface area contributed by atoms with Gasteiger partial charge in [0, 0.05) is 35.6 Å². The van der Waals surface area contributed by atoms with Gasteiger partial charge in [-0.1, -0.05) is 6.92 Å². The van der Waals surface area contributed by atoms with Gasteiger partial charge < -0.3 is 10.2 Å². The lowest BCUT2D eigenvalue weighted by Crippen LogP contribution is -2.33. The lowest BCUT2D eigenvalue weighted by atomic mass is 10.1. The van der Waals surface area contributed by atoms with Gasteiger partial charge in [0.15, 0.2) is 0 Å². The molecule has 0 amide bonds. The van der Waals surface area contributed by atoms with E-state index in [2.05, 4.69) is 40.7 Å². The Morgan fingerprint density at radius 3 is 3.06 bits per heavy atom. The van der Waals surface area contributed by atoms with Crippen LogP contribution >= 0.6 is 23.5 Å². The van der Waals surface area contributed by atoms with E-state index in [0.29, 0.717) is 0 Å². The fourth-order valence-electron chi connectivity index (χ4n) is 2.52. The molecule has 1 N–H and O–H groups in total. The Kier molecular flexibility index (Phi) is 5.83. The van der Waals surface area contributed by atoms with Gasteiger partial charge in [0.25, 0.3) is 0 Å². The predicted molar refractivity (Wildman–Crippen MR) is 76.7 cm³/mol. The first-order valence-electron chi connectivity index (χ1n) is 6.51. The van der Waals surface area contributed by atoms with E-state index in [9.17, 15) is 0 Å². The third-order valence-electron chi connectivity index (χ3n) is 3.40. The molecule has 4 heteroatoms. The fourth-order valence-corrected chi connectivity index (χ4v) is 5.24. The third-order valence-corrected chi connectivity index (χ3v) is 6.23. The van der Waals surface area contributed by atoms with Gasteiger partial charge >= 0.3 is 0 Å². The molecule has 16 heavy (non-hydrogen) atoms. The summed E-state index contributed by atoms with van der Waals surface area (Å²) in [6.07, 6.45) is 1.40. The smallest absolute Gasteiger partial charge is 0.0265 e. The van der Waals surface area contributed by atoms with Crippen molar-refractivity contribution in [3.63, 3.8) is 0 Å². The molecule has 2 heterocycles. The van der Waals surface area contributed by atoms with Crippen LogP contribution in [0.2, 0.25) is 0 Å². The van der Waals surface area contributed by atoms with Gasteiger partial charge in [-0.05, 0) is 32.0 Å². The molecule has 0 spiro atoms. The minimum Gasteiger partial charge on any atom is -0.317 e. The number of hydrogen-bond acceptors (Lipinski definition) is 4. The maximum absolute atomic E-state index is 3.48. The standard InChI is InChI=1S/C12H24N2S2/c1-2-13-7-11-3-4-14(8-11)9-12-10-15-5-6-16-12/h11-13H,2-10H2,1H3. The molecule has 0 radical (unpaired) electrons. The lowest BCUT2D eigenvalue weighted by molar-refractivity contribution is 0.327. The van der Waals surface area contributed by atoms with Gasteiger partial charge in [0.2, 0.25) is 0 Å². The van der Waals surface area contributed by atoms with Crippen LogP contribution in [0.5, 0.6) is 0 Å². The van der Waals surface area contributed by atoms with Crippen molar-refractivity contribution >= 4 is 23.5 Å². The van der Waals surface area contributed by atoms with E-state index < -0.39 is 0 Å². The summed E-state index contributed by atoms with van der Waals surface area (Å²) in [5.41, 5.74) is 0. The summed E-state index contributed by atoms with van der Waals surface area (Å²) in [5, 5.41) is 4.38. The number of nitrogens with one attached hydrogen (secondary N) is 1. The highest BCUT2D eigenvalue weighted by Crippen LogP contribution is 2.26. The molecule has 0 aromatic rings. The van der Waals surface area contributed by atoms with Crippen molar-refractivity contribution in [1.82, 2.24) is 10.2 Å². The molecule has 0 saturated carbocycles. The maximum atomic E-state index is 3.48. The zero-order chi connectivity index (χ0) is 11.2. The molecule has 2 rings (SSSR count). The normalized spacial score (nSPS) is 32.1. The van der Waals surface area contributed by atoms with Crippen LogP contribution in [-0.4, -0.2) is 60.1 Å². The second-order valence-electron chi connectivity index (χ2n) is 4.79. The SMILES string of the molecule is CCNCC1CCN(CC2CSCCS2)C1. The van der Waals surface area contributed by atoms with Gasteiger partial charge in [-0.3, -0.25) is 0 Å². The second kappa shape index (κ2) is 7.14. The highest BCUT2D eigenvalue weighted by Gasteiger charge is 2.25. The first kappa shape index (κ1) is 13.1. The molecule has 2 unspecified atom stereocenters. The van der Waals surface area contributed by atoms with Crippen LogP contribution in [0, 0.1) is 5.92 Å². The Bertz CT molecular complexity index is 195.